The Hall–Kier alpha value is -0.250. The van der Waals surface area contributed by atoms with E-state index in [1.54, 1.807) is 11.8 Å². The fraction of sp³-hybridized carbons (Fsp3) is 0.750. The van der Waals surface area contributed by atoms with Crippen LogP contribution in [0.1, 0.15) is 52.4 Å². The first-order valence-electron chi connectivity index (χ1n) is 7.42. The van der Waals surface area contributed by atoms with E-state index in [4.69, 9.17) is 9.47 Å². The number of rotatable bonds is 14. The smallest absolute Gasteiger partial charge is 0.123 e. The summed E-state index contributed by atoms with van der Waals surface area (Å²) < 4.78 is 11.5. The molecule has 2 unspecified atom stereocenters. The maximum Gasteiger partial charge on any atom is 0.123 e. The Balaban J connectivity index is 3.82. The molecule has 0 bridgehead atoms. The molecule has 0 aliphatic heterocycles. The van der Waals surface area contributed by atoms with Crippen LogP contribution >= 0.6 is 11.8 Å². The van der Waals surface area contributed by atoms with Gasteiger partial charge in [0.25, 0.3) is 0 Å². The van der Waals surface area contributed by atoms with Crippen LogP contribution in [0.4, 0.5) is 0 Å². The third-order valence-electron chi connectivity index (χ3n) is 2.71. The Labute approximate surface area is 123 Å². The Morgan fingerprint density at radius 1 is 0.842 bits per heavy atom. The van der Waals surface area contributed by atoms with Gasteiger partial charge in [0.15, 0.2) is 0 Å². The average molecular weight is 286 g/mol. The molecule has 0 aromatic carbocycles. The molecular weight excluding hydrogens is 256 g/mol. The molecule has 0 N–H and O–H groups in total. The van der Waals surface area contributed by atoms with Crippen molar-refractivity contribution in [2.24, 2.45) is 0 Å². The molecule has 0 aromatic heterocycles. The first kappa shape index (κ1) is 18.8. The molecule has 0 saturated carbocycles. The average Bonchev–Trinajstić information content (AvgIpc) is 2.44. The van der Waals surface area contributed by atoms with Crippen LogP contribution in [0.15, 0.2) is 25.3 Å². The summed E-state index contributed by atoms with van der Waals surface area (Å²) in [5, 5.41) is 0. The minimum absolute atomic E-state index is 0.00830. The summed E-state index contributed by atoms with van der Waals surface area (Å²) in [7, 11) is 0. The molecule has 112 valence electrons. The van der Waals surface area contributed by atoms with Crippen molar-refractivity contribution in [3.8, 4) is 0 Å². The first-order chi connectivity index (χ1) is 9.28. The predicted molar refractivity (Wildman–Crippen MR) is 86.5 cm³/mol. The van der Waals surface area contributed by atoms with Crippen molar-refractivity contribution in [1.29, 1.82) is 0 Å². The lowest BCUT2D eigenvalue weighted by Crippen LogP contribution is -2.14. The fourth-order valence-electron chi connectivity index (χ4n) is 1.56. The summed E-state index contributed by atoms with van der Waals surface area (Å²) in [6.45, 7) is 13.6. The summed E-state index contributed by atoms with van der Waals surface area (Å²) >= 11 is 1.63. The highest BCUT2D eigenvalue weighted by Gasteiger charge is 2.12. The number of hydrogen-bond acceptors (Lipinski definition) is 3. The van der Waals surface area contributed by atoms with Crippen molar-refractivity contribution in [3.05, 3.63) is 25.3 Å². The lowest BCUT2D eigenvalue weighted by atomic mass is 10.3. The third kappa shape index (κ3) is 11.3. The summed E-state index contributed by atoms with van der Waals surface area (Å²) in [5.74, 6) is 0. The van der Waals surface area contributed by atoms with Gasteiger partial charge in [0.1, 0.15) is 10.9 Å². The van der Waals surface area contributed by atoms with Gasteiger partial charge in [-0.15, -0.1) is 0 Å². The van der Waals surface area contributed by atoms with E-state index in [0.717, 1.165) is 26.1 Å². The van der Waals surface area contributed by atoms with E-state index < -0.39 is 0 Å². The van der Waals surface area contributed by atoms with Gasteiger partial charge in [0, 0.05) is 13.2 Å². The largest absolute Gasteiger partial charge is 0.363 e. The van der Waals surface area contributed by atoms with Crippen molar-refractivity contribution in [2.45, 2.75) is 63.2 Å². The zero-order chi connectivity index (χ0) is 14.3. The van der Waals surface area contributed by atoms with Gasteiger partial charge >= 0.3 is 0 Å². The van der Waals surface area contributed by atoms with Crippen molar-refractivity contribution in [2.75, 3.05) is 13.2 Å². The van der Waals surface area contributed by atoms with E-state index in [9.17, 15) is 0 Å². The molecule has 0 fully saturated rings. The number of thioether (sulfide) groups is 1. The Morgan fingerprint density at radius 3 is 1.58 bits per heavy atom. The molecule has 0 spiro atoms. The van der Waals surface area contributed by atoms with Gasteiger partial charge in [0.05, 0.1) is 0 Å². The van der Waals surface area contributed by atoms with Crippen LogP contribution in [0.5, 0.6) is 0 Å². The lowest BCUT2D eigenvalue weighted by molar-refractivity contribution is 0.118. The molecule has 2 nitrogen and oxygen atoms in total. The molecular formula is C16H30O2S. The molecule has 0 amide bonds. The highest BCUT2D eigenvalue weighted by molar-refractivity contribution is 8.00. The van der Waals surface area contributed by atoms with Crippen molar-refractivity contribution >= 4 is 11.8 Å². The van der Waals surface area contributed by atoms with E-state index in [1.165, 1.54) is 25.7 Å². The summed E-state index contributed by atoms with van der Waals surface area (Å²) in [5.41, 5.74) is -0.0166. The van der Waals surface area contributed by atoms with Gasteiger partial charge in [0.2, 0.25) is 0 Å². The molecule has 0 saturated heterocycles. The van der Waals surface area contributed by atoms with Crippen LogP contribution in [-0.4, -0.2) is 24.1 Å². The van der Waals surface area contributed by atoms with Crippen LogP contribution in [0.25, 0.3) is 0 Å². The van der Waals surface area contributed by atoms with Crippen LogP contribution in [0.2, 0.25) is 0 Å². The van der Waals surface area contributed by atoms with Crippen molar-refractivity contribution in [1.82, 2.24) is 0 Å². The maximum absolute atomic E-state index is 5.77. The molecule has 0 radical (unpaired) electrons. The van der Waals surface area contributed by atoms with Gasteiger partial charge in [-0.25, -0.2) is 0 Å². The fourth-order valence-corrected chi connectivity index (χ4v) is 2.40. The summed E-state index contributed by atoms with van der Waals surface area (Å²) in [6, 6.07) is 0. The minimum Gasteiger partial charge on any atom is -0.363 e. The second kappa shape index (κ2) is 14.2. The van der Waals surface area contributed by atoms with Gasteiger partial charge in [-0.2, -0.15) is 0 Å². The normalized spacial score (nSPS) is 14.0. The molecule has 19 heavy (non-hydrogen) atoms. The molecule has 3 heteroatoms. The Morgan fingerprint density at radius 2 is 1.26 bits per heavy atom. The maximum atomic E-state index is 5.77. The zero-order valence-electron chi connectivity index (χ0n) is 12.6. The topological polar surface area (TPSA) is 18.5 Å². The quantitative estimate of drug-likeness (QED) is 0.250. The highest BCUT2D eigenvalue weighted by Crippen LogP contribution is 2.22. The van der Waals surface area contributed by atoms with Gasteiger partial charge in [-0.1, -0.05) is 76.6 Å². The van der Waals surface area contributed by atoms with Crippen molar-refractivity contribution in [3.63, 3.8) is 0 Å². The standard InChI is InChI=1S/C16H30O2S/c1-5-9-11-13-17-15(7-3)19-16(8-4)18-14-12-10-6-2/h7-8,15-16H,3-6,9-14H2,1-2H3. The van der Waals surface area contributed by atoms with E-state index in [0.29, 0.717) is 0 Å². The van der Waals surface area contributed by atoms with Crippen LogP contribution < -0.4 is 0 Å². The van der Waals surface area contributed by atoms with Crippen molar-refractivity contribution < 1.29 is 9.47 Å². The van der Waals surface area contributed by atoms with E-state index >= 15 is 0 Å². The molecule has 0 rings (SSSR count). The van der Waals surface area contributed by atoms with E-state index in [-0.39, 0.29) is 10.9 Å². The highest BCUT2D eigenvalue weighted by atomic mass is 32.2. The molecule has 0 aliphatic rings. The van der Waals surface area contributed by atoms with Crippen LogP contribution in [-0.2, 0) is 9.47 Å². The monoisotopic (exact) mass is 286 g/mol. The SMILES string of the molecule is C=CC(OCCCCC)SC(C=C)OCCCCC. The minimum atomic E-state index is -0.00830. The second-order valence-corrected chi connectivity index (χ2v) is 5.70. The Bertz CT molecular complexity index is 197. The van der Waals surface area contributed by atoms with Gasteiger partial charge in [-0.05, 0) is 12.8 Å². The van der Waals surface area contributed by atoms with Crippen LogP contribution in [0, 0.1) is 0 Å². The van der Waals surface area contributed by atoms with E-state index in [2.05, 4.69) is 27.0 Å². The van der Waals surface area contributed by atoms with Gasteiger partial charge in [-0.3, -0.25) is 0 Å². The van der Waals surface area contributed by atoms with Gasteiger partial charge < -0.3 is 9.47 Å². The molecule has 0 aromatic rings. The third-order valence-corrected chi connectivity index (χ3v) is 3.91. The second-order valence-electron chi connectivity index (χ2n) is 4.50. The summed E-state index contributed by atoms with van der Waals surface area (Å²) in [4.78, 5) is 0. The number of ether oxygens (including phenoxy) is 2. The molecule has 2 atom stereocenters. The molecule has 0 aliphatic carbocycles. The van der Waals surface area contributed by atoms with Crippen LogP contribution in [0.3, 0.4) is 0 Å². The lowest BCUT2D eigenvalue weighted by Gasteiger charge is -2.19. The zero-order valence-corrected chi connectivity index (χ0v) is 13.4. The van der Waals surface area contributed by atoms with E-state index in [1.807, 2.05) is 12.2 Å². The number of unbranched alkanes of at least 4 members (excludes halogenated alkanes) is 4. The predicted octanol–water partition coefficient (Wildman–Crippen LogP) is 5.16. The molecule has 0 heterocycles. The Kier molecular flexibility index (Phi) is 14.0. The first-order valence-corrected chi connectivity index (χ1v) is 8.36. The number of hydrogen-bond donors (Lipinski definition) is 0. The summed E-state index contributed by atoms with van der Waals surface area (Å²) in [6.07, 6.45) is 10.7.